The molecule has 0 aliphatic carbocycles. The average molecular weight is 281 g/mol. The zero-order chi connectivity index (χ0) is 14.1. The summed E-state index contributed by atoms with van der Waals surface area (Å²) in [6.07, 6.45) is 0.600. The van der Waals surface area contributed by atoms with E-state index in [-0.39, 0.29) is 17.1 Å². The Kier molecular flexibility index (Phi) is 3.54. The lowest BCUT2D eigenvalue weighted by Gasteiger charge is -2.17. The molecule has 0 aliphatic heterocycles. The summed E-state index contributed by atoms with van der Waals surface area (Å²) in [7, 11) is -3.36. The van der Waals surface area contributed by atoms with Crippen LogP contribution in [0.15, 0.2) is 24.3 Å². The van der Waals surface area contributed by atoms with E-state index in [1.54, 1.807) is 0 Å². The topological polar surface area (TPSA) is 74.8 Å². The van der Waals surface area contributed by atoms with Gasteiger partial charge in [-0.25, -0.2) is 13.4 Å². The van der Waals surface area contributed by atoms with Crippen LogP contribution < -0.4 is 4.72 Å². The Morgan fingerprint density at radius 3 is 2.58 bits per heavy atom. The van der Waals surface area contributed by atoms with Crippen LogP contribution in [0.1, 0.15) is 27.2 Å². The number of aromatic nitrogens is 2. The molecular formula is C13H19N3O2S. The molecule has 0 radical (unpaired) electrons. The highest BCUT2D eigenvalue weighted by Gasteiger charge is 2.18. The quantitative estimate of drug-likeness (QED) is 0.904. The fourth-order valence-corrected chi connectivity index (χ4v) is 3.01. The molecule has 19 heavy (non-hydrogen) atoms. The fraction of sp³-hybridized carbons (Fsp3) is 0.462. The Labute approximate surface area is 113 Å². The van der Waals surface area contributed by atoms with Crippen molar-refractivity contribution in [1.82, 2.24) is 9.97 Å². The van der Waals surface area contributed by atoms with Gasteiger partial charge in [-0.05, 0) is 24.0 Å². The molecule has 0 aliphatic rings. The van der Waals surface area contributed by atoms with Crippen LogP contribution >= 0.6 is 0 Å². The predicted octanol–water partition coefficient (Wildman–Crippen LogP) is 2.74. The first kappa shape index (κ1) is 13.9. The summed E-state index contributed by atoms with van der Waals surface area (Å²) < 4.78 is 26.4. The molecule has 0 atom stereocenters. The first-order chi connectivity index (χ1) is 8.75. The molecule has 104 valence electrons. The zero-order valence-electron chi connectivity index (χ0n) is 11.4. The highest BCUT2D eigenvalue weighted by atomic mass is 32.2. The molecule has 0 saturated heterocycles. The number of rotatable bonds is 4. The van der Waals surface area contributed by atoms with Crippen molar-refractivity contribution in [2.24, 2.45) is 5.41 Å². The van der Waals surface area contributed by atoms with Gasteiger partial charge in [0.15, 0.2) is 0 Å². The largest absolute Gasteiger partial charge is 0.323 e. The van der Waals surface area contributed by atoms with E-state index in [0.717, 1.165) is 11.0 Å². The van der Waals surface area contributed by atoms with Crippen molar-refractivity contribution in [2.45, 2.75) is 27.2 Å². The van der Waals surface area contributed by atoms with Gasteiger partial charge in [0.2, 0.25) is 16.0 Å². The molecule has 2 aromatic rings. The number of para-hydroxylation sites is 2. The Hall–Kier alpha value is -1.56. The van der Waals surface area contributed by atoms with Gasteiger partial charge in [0.25, 0.3) is 0 Å². The van der Waals surface area contributed by atoms with Gasteiger partial charge in [-0.15, -0.1) is 0 Å². The van der Waals surface area contributed by atoms with E-state index >= 15 is 0 Å². The average Bonchev–Trinajstić information content (AvgIpc) is 2.66. The number of sulfonamides is 1. The lowest BCUT2D eigenvalue weighted by Crippen LogP contribution is -2.21. The molecular weight excluding hydrogens is 262 g/mol. The lowest BCUT2D eigenvalue weighted by atomic mass is 9.94. The van der Waals surface area contributed by atoms with Crippen molar-refractivity contribution in [3.63, 3.8) is 0 Å². The summed E-state index contributed by atoms with van der Waals surface area (Å²) in [4.78, 5) is 7.14. The van der Waals surface area contributed by atoms with Crippen LogP contribution in [0.25, 0.3) is 11.0 Å². The second-order valence-corrected chi connectivity index (χ2v) is 7.68. The molecule has 2 N–H and O–H groups in total. The van der Waals surface area contributed by atoms with Crippen LogP contribution in [0.3, 0.4) is 0 Å². The monoisotopic (exact) mass is 281 g/mol. The van der Waals surface area contributed by atoms with E-state index in [4.69, 9.17) is 0 Å². The van der Waals surface area contributed by atoms with Crippen molar-refractivity contribution in [2.75, 3.05) is 10.5 Å². The van der Waals surface area contributed by atoms with Gasteiger partial charge < -0.3 is 4.98 Å². The highest BCUT2D eigenvalue weighted by Crippen LogP contribution is 2.20. The Morgan fingerprint density at radius 2 is 1.95 bits per heavy atom. The van der Waals surface area contributed by atoms with E-state index in [1.807, 2.05) is 45.0 Å². The third kappa shape index (κ3) is 3.96. The second-order valence-electron chi connectivity index (χ2n) is 5.83. The number of hydrogen-bond acceptors (Lipinski definition) is 3. The number of nitrogens with zero attached hydrogens (tertiary/aromatic N) is 1. The van der Waals surface area contributed by atoms with E-state index < -0.39 is 10.0 Å². The van der Waals surface area contributed by atoms with Crippen molar-refractivity contribution < 1.29 is 8.42 Å². The molecule has 0 saturated carbocycles. The van der Waals surface area contributed by atoms with E-state index in [2.05, 4.69) is 14.7 Å². The minimum atomic E-state index is -3.36. The summed E-state index contributed by atoms with van der Waals surface area (Å²) >= 11 is 0. The molecule has 1 aromatic carbocycles. The molecule has 0 fully saturated rings. The van der Waals surface area contributed by atoms with Crippen molar-refractivity contribution in [1.29, 1.82) is 0 Å². The van der Waals surface area contributed by atoms with Crippen LogP contribution in [-0.4, -0.2) is 24.1 Å². The highest BCUT2D eigenvalue weighted by molar-refractivity contribution is 7.92. The van der Waals surface area contributed by atoms with Crippen LogP contribution in [0, 0.1) is 5.41 Å². The molecule has 0 bridgehead atoms. The number of hydrogen-bond donors (Lipinski definition) is 2. The lowest BCUT2D eigenvalue weighted by molar-refractivity contribution is 0.397. The van der Waals surface area contributed by atoms with Gasteiger partial charge in [-0.2, -0.15) is 0 Å². The Bertz CT molecular complexity index is 635. The van der Waals surface area contributed by atoms with Gasteiger partial charge >= 0.3 is 0 Å². The van der Waals surface area contributed by atoms with Crippen molar-refractivity contribution in [3.8, 4) is 0 Å². The van der Waals surface area contributed by atoms with Crippen LogP contribution in [0.5, 0.6) is 0 Å². The molecule has 0 spiro atoms. The number of H-pyrrole nitrogens is 1. The van der Waals surface area contributed by atoms with E-state index in [1.165, 1.54) is 0 Å². The number of imidazole rings is 1. The minimum Gasteiger partial charge on any atom is -0.323 e. The fourth-order valence-electron chi connectivity index (χ4n) is 1.64. The molecule has 0 unspecified atom stereocenters. The molecule has 2 rings (SSSR count). The summed E-state index contributed by atoms with van der Waals surface area (Å²) in [6.45, 7) is 6.05. The summed E-state index contributed by atoms with van der Waals surface area (Å²) in [5.41, 5.74) is 1.55. The summed E-state index contributed by atoms with van der Waals surface area (Å²) in [5.74, 6) is 0.364. The van der Waals surface area contributed by atoms with Gasteiger partial charge in [-0.3, -0.25) is 4.72 Å². The maximum atomic E-state index is 12.0. The standard InChI is InChI=1S/C13H19N3O2S/c1-13(2,3)8-9-19(17,18)16-12-14-10-6-4-5-7-11(10)15-12/h4-7H,8-9H2,1-3H3,(H2,14,15,16). The van der Waals surface area contributed by atoms with Crippen molar-refractivity contribution in [3.05, 3.63) is 24.3 Å². The molecule has 1 heterocycles. The summed E-state index contributed by atoms with van der Waals surface area (Å²) in [5, 5.41) is 0. The maximum Gasteiger partial charge on any atom is 0.235 e. The Balaban J connectivity index is 2.11. The van der Waals surface area contributed by atoms with Gasteiger partial charge in [-0.1, -0.05) is 32.9 Å². The zero-order valence-corrected chi connectivity index (χ0v) is 12.2. The van der Waals surface area contributed by atoms with Gasteiger partial charge in [0.1, 0.15) is 0 Å². The van der Waals surface area contributed by atoms with Crippen LogP contribution in [-0.2, 0) is 10.0 Å². The maximum absolute atomic E-state index is 12.0. The predicted molar refractivity (Wildman–Crippen MR) is 77.6 cm³/mol. The second kappa shape index (κ2) is 4.85. The minimum absolute atomic E-state index is 0.0113. The van der Waals surface area contributed by atoms with E-state index in [0.29, 0.717) is 6.42 Å². The third-order valence-corrected chi connectivity index (χ3v) is 4.01. The van der Waals surface area contributed by atoms with Crippen LogP contribution in [0.2, 0.25) is 0 Å². The molecule has 0 amide bonds. The first-order valence-corrected chi connectivity index (χ1v) is 7.86. The number of fused-ring (bicyclic) bond motifs is 1. The number of nitrogens with one attached hydrogen (secondary N) is 2. The van der Waals surface area contributed by atoms with Gasteiger partial charge in [0.05, 0.1) is 16.8 Å². The smallest absolute Gasteiger partial charge is 0.235 e. The van der Waals surface area contributed by atoms with Crippen molar-refractivity contribution >= 4 is 27.0 Å². The SMILES string of the molecule is CC(C)(C)CCS(=O)(=O)Nc1nc2ccccc2[nH]1. The normalized spacial score (nSPS) is 12.8. The number of aromatic amines is 1. The number of benzene rings is 1. The summed E-state index contributed by atoms with van der Waals surface area (Å²) in [6, 6.07) is 7.42. The van der Waals surface area contributed by atoms with Gasteiger partial charge in [0, 0.05) is 0 Å². The van der Waals surface area contributed by atoms with Crippen LogP contribution in [0.4, 0.5) is 5.95 Å². The first-order valence-electron chi connectivity index (χ1n) is 6.20. The third-order valence-electron chi connectivity index (χ3n) is 2.76. The van der Waals surface area contributed by atoms with E-state index in [9.17, 15) is 8.42 Å². The molecule has 5 nitrogen and oxygen atoms in total. The Morgan fingerprint density at radius 1 is 1.26 bits per heavy atom. The molecule has 6 heteroatoms. The molecule has 1 aromatic heterocycles. The number of anilines is 1.